The standard InChI is InChI=1S/C24H18F2N4O2S/c25-18-11-9-16(10-12-18)23-29-30-24(33-23)28-22(32)20(13-15-5-2-1-3-6-15)27-21(31)17-7-4-8-19(26)14-17/h1-12,14,20H,13H2,(H,27,31)(H,28,30,32). The summed E-state index contributed by atoms with van der Waals surface area (Å²) in [6.07, 6.45) is 0.220. The number of benzene rings is 3. The number of carbonyl (C=O) groups is 2. The first-order valence-electron chi connectivity index (χ1n) is 9.98. The number of hydrogen-bond acceptors (Lipinski definition) is 5. The number of aromatic nitrogens is 2. The van der Waals surface area contributed by atoms with Crippen molar-refractivity contribution in [2.75, 3.05) is 5.32 Å². The zero-order chi connectivity index (χ0) is 23.2. The number of rotatable bonds is 7. The van der Waals surface area contributed by atoms with Crippen LogP contribution in [0.25, 0.3) is 10.6 Å². The number of carbonyl (C=O) groups excluding carboxylic acids is 2. The van der Waals surface area contributed by atoms with Crippen molar-refractivity contribution in [3.8, 4) is 10.6 Å². The largest absolute Gasteiger partial charge is 0.340 e. The van der Waals surface area contributed by atoms with Crippen LogP contribution in [0, 0.1) is 11.6 Å². The Morgan fingerprint density at radius 3 is 2.36 bits per heavy atom. The van der Waals surface area contributed by atoms with Gasteiger partial charge in [0.05, 0.1) is 0 Å². The summed E-state index contributed by atoms with van der Waals surface area (Å²) in [6, 6.07) is 19.2. The highest BCUT2D eigenvalue weighted by Crippen LogP contribution is 2.26. The summed E-state index contributed by atoms with van der Waals surface area (Å²) in [5.74, 6) is -1.98. The third-order valence-corrected chi connectivity index (χ3v) is 5.63. The molecule has 3 aromatic carbocycles. The Morgan fingerprint density at radius 2 is 1.64 bits per heavy atom. The van der Waals surface area contributed by atoms with Crippen LogP contribution in [0.15, 0.2) is 78.9 Å². The normalized spacial score (nSPS) is 11.6. The van der Waals surface area contributed by atoms with Crippen molar-refractivity contribution in [1.29, 1.82) is 0 Å². The van der Waals surface area contributed by atoms with E-state index in [9.17, 15) is 18.4 Å². The lowest BCUT2D eigenvalue weighted by Crippen LogP contribution is -2.45. The molecule has 33 heavy (non-hydrogen) atoms. The van der Waals surface area contributed by atoms with Gasteiger partial charge in [-0.05, 0) is 48.0 Å². The topological polar surface area (TPSA) is 84.0 Å². The predicted octanol–water partition coefficient (Wildman–Crippen LogP) is 4.46. The zero-order valence-electron chi connectivity index (χ0n) is 17.2. The van der Waals surface area contributed by atoms with E-state index in [1.165, 1.54) is 30.3 Å². The molecule has 1 unspecified atom stereocenters. The third kappa shape index (κ3) is 5.83. The predicted molar refractivity (Wildman–Crippen MR) is 122 cm³/mol. The average molecular weight is 464 g/mol. The van der Waals surface area contributed by atoms with E-state index in [0.717, 1.165) is 23.0 Å². The van der Waals surface area contributed by atoms with Crippen molar-refractivity contribution < 1.29 is 18.4 Å². The number of nitrogens with zero attached hydrogens (tertiary/aromatic N) is 2. The first-order valence-corrected chi connectivity index (χ1v) is 10.8. The lowest BCUT2D eigenvalue weighted by Gasteiger charge is -2.18. The van der Waals surface area contributed by atoms with E-state index in [1.54, 1.807) is 12.1 Å². The van der Waals surface area contributed by atoms with Gasteiger partial charge in [0, 0.05) is 17.5 Å². The van der Waals surface area contributed by atoms with Crippen LogP contribution in [0.1, 0.15) is 15.9 Å². The zero-order valence-corrected chi connectivity index (χ0v) is 18.0. The molecule has 4 aromatic rings. The van der Waals surface area contributed by atoms with E-state index in [0.29, 0.717) is 10.6 Å². The first-order chi connectivity index (χ1) is 16.0. The van der Waals surface area contributed by atoms with Gasteiger partial charge >= 0.3 is 0 Å². The van der Waals surface area contributed by atoms with Crippen molar-refractivity contribution in [3.63, 3.8) is 0 Å². The Bertz CT molecular complexity index is 1260. The second-order valence-electron chi connectivity index (χ2n) is 7.13. The number of hydrogen-bond donors (Lipinski definition) is 2. The second-order valence-corrected chi connectivity index (χ2v) is 8.11. The van der Waals surface area contributed by atoms with Crippen LogP contribution in [0.4, 0.5) is 13.9 Å². The van der Waals surface area contributed by atoms with Gasteiger partial charge in [0.1, 0.15) is 22.7 Å². The molecular formula is C24H18F2N4O2S. The maximum absolute atomic E-state index is 13.5. The van der Waals surface area contributed by atoms with Crippen molar-refractivity contribution in [2.45, 2.75) is 12.5 Å². The molecule has 0 aliphatic heterocycles. The monoisotopic (exact) mass is 464 g/mol. The summed E-state index contributed by atoms with van der Waals surface area (Å²) < 4.78 is 26.7. The van der Waals surface area contributed by atoms with Crippen LogP contribution in [0.5, 0.6) is 0 Å². The summed E-state index contributed by atoms with van der Waals surface area (Å²) >= 11 is 1.12. The molecule has 4 rings (SSSR count). The minimum atomic E-state index is -0.943. The third-order valence-electron chi connectivity index (χ3n) is 4.74. The fraction of sp³-hybridized carbons (Fsp3) is 0.0833. The van der Waals surface area contributed by atoms with E-state index in [4.69, 9.17) is 0 Å². The molecule has 2 amide bonds. The number of amides is 2. The van der Waals surface area contributed by atoms with Gasteiger partial charge in [-0.1, -0.05) is 47.7 Å². The lowest BCUT2D eigenvalue weighted by atomic mass is 10.0. The van der Waals surface area contributed by atoms with E-state index in [-0.39, 0.29) is 22.9 Å². The minimum Gasteiger partial charge on any atom is -0.340 e. The molecule has 0 radical (unpaired) electrons. The lowest BCUT2D eigenvalue weighted by molar-refractivity contribution is -0.118. The van der Waals surface area contributed by atoms with Crippen molar-refractivity contribution in [3.05, 3.63) is 102 Å². The highest BCUT2D eigenvalue weighted by Gasteiger charge is 2.23. The molecule has 2 N–H and O–H groups in total. The molecule has 1 atom stereocenters. The molecule has 0 saturated carbocycles. The van der Waals surface area contributed by atoms with Crippen molar-refractivity contribution in [1.82, 2.24) is 15.5 Å². The summed E-state index contributed by atoms with van der Waals surface area (Å²) in [5.41, 5.74) is 1.60. The van der Waals surface area contributed by atoms with Gasteiger partial charge in [0.2, 0.25) is 11.0 Å². The van der Waals surface area contributed by atoms with Gasteiger partial charge in [-0.25, -0.2) is 8.78 Å². The Balaban J connectivity index is 1.51. The highest BCUT2D eigenvalue weighted by atomic mass is 32.1. The summed E-state index contributed by atoms with van der Waals surface area (Å²) in [5, 5.41) is 14.1. The summed E-state index contributed by atoms with van der Waals surface area (Å²) in [6.45, 7) is 0. The molecular weight excluding hydrogens is 446 g/mol. The smallest absolute Gasteiger partial charge is 0.252 e. The van der Waals surface area contributed by atoms with Gasteiger partial charge in [-0.15, -0.1) is 10.2 Å². The molecule has 0 bridgehead atoms. The van der Waals surface area contributed by atoms with Gasteiger partial charge < -0.3 is 5.32 Å². The highest BCUT2D eigenvalue weighted by molar-refractivity contribution is 7.18. The molecule has 1 aromatic heterocycles. The van der Waals surface area contributed by atoms with E-state index in [2.05, 4.69) is 20.8 Å². The van der Waals surface area contributed by atoms with E-state index >= 15 is 0 Å². The van der Waals surface area contributed by atoms with Crippen LogP contribution >= 0.6 is 11.3 Å². The van der Waals surface area contributed by atoms with Crippen LogP contribution in [0.2, 0.25) is 0 Å². The van der Waals surface area contributed by atoms with Gasteiger partial charge in [-0.3, -0.25) is 14.9 Å². The molecule has 166 valence electrons. The number of halogens is 2. The average Bonchev–Trinajstić information content (AvgIpc) is 3.28. The van der Waals surface area contributed by atoms with Crippen LogP contribution in [-0.2, 0) is 11.2 Å². The number of nitrogens with one attached hydrogen (secondary N) is 2. The SMILES string of the molecule is O=C(NC(Cc1ccccc1)C(=O)Nc1nnc(-c2ccc(F)cc2)s1)c1cccc(F)c1. The molecule has 0 saturated heterocycles. The van der Waals surface area contributed by atoms with Crippen molar-refractivity contribution in [2.24, 2.45) is 0 Å². The van der Waals surface area contributed by atoms with Crippen molar-refractivity contribution >= 4 is 28.3 Å². The molecule has 9 heteroatoms. The Morgan fingerprint density at radius 1 is 0.879 bits per heavy atom. The molecule has 0 fully saturated rings. The Hall–Kier alpha value is -3.98. The first kappa shape index (κ1) is 22.2. The summed E-state index contributed by atoms with van der Waals surface area (Å²) in [7, 11) is 0. The van der Waals surface area contributed by atoms with E-state index < -0.39 is 23.7 Å². The molecule has 6 nitrogen and oxygen atoms in total. The van der Waals surface area contributed by atoms with E-state index in [1.807, 2.05) is 30.3 Å². The second kappa shape index (κ2) is 10.1. The molecule has 0 aliphatic carbocycles. The van der Waals surface area contributed by atoms with Gasteiger partial charge in [-0.2, -0.15) is 0 Å². The molecule has 1 heterocycles. The Labute approximate surface area is 192 Å². The molecule has 0 spiro atoms. The maximum atomic E-state index is 13.5. The van der Waals surface area contributed by atoms with Crippen LogP contribution < -0.4 is 10.6 Å². The fourth-order valence-electron chi connectivity index (χ4n) is 3.11. The van der Waals surface area contributed by atoms with Crippen LogP contribution in [0.3, 0.4) is 0 Å². The summed E-state index contributed by atoms with van der Waals surface area (Å²) in [4.78, 5) is 25.7. The maximum Gasteiger partial charge on any atom is 0.252 e. The van der Waals surface area contributed by atoms with Crippen LogP contribution in [-0.4, -0.2) is 28.1 Å². The van der Waals surface area contributed by atoms with Gasteiger partial charge in [0.25, 0.3) is 5.91 Å². The molecule has 0 aliphatic rings. The van der Waals surface area contributed by atoms with Gasteiger partial charge in [0.15, 0.2) is 0 Å². The minimum absolute atomic E-state index is 0.107. The number of anilines is 1. The Kier molecular flexibility index (Phi) is 6.80. The fourth-order valence-corrected chi connectivity index (χ4v) is 3.86. The quantitative estimate of drug-likeness (QED) is 0.423.